The summed E-state index contributed by atoms with van der Waals surface area (Å²) in [7, 11) is -0.600. The van der Waals surface area contributed by atoms with Gasteiger partial charge in [-0.2, -0.15) is 0 Å². The summed E-state index contributed by atoms with van der Waals surface area (Å²) in [6.07, 6.45) is 2.54. The molecule has 1 unspecified atom stereocenters. The molecule has 4 aromatic rings. The van der Waals surface area contributed by atoms with E-state index in [1.165, 1.54) is 22.6 Å². The predicted octanol–water partition coefficient (Wildman–Crippen LogP) is 4.42. The van der Waals surface area contributed by atoms with Crippen molar-refractivity contribution in [3.63, 3.8) is 0 Å². The van der Waals surface area contributed by atoms with E-state index < -0.39 is 25.6 Å². The van der Waals surface area contributed by atoms with Gasteiger partial charge >= 0.3 is 205 Å². The molecule has 0 saturated heterocycles. The van der Waals surface area contributed by atoms with E-state index in [4.69, 9.17) is 0 Å². The third kappa shape index (κ3) is 4.05. The summed E-state index contributed by atoms with van der Waals surface area (Å²) in [5.41, 5.74) is 1.50. The summed E-state index contributed by atoms with van der Waals surface area (Å²) < 4.78 is 6.30. The summed E-state index contributed by atoms with van der Waals surface area (Å²) in [4.78, 5) is 0. The Morgan fingerprint density at radius 3 is 1.39 bits per heavy atom. The van der Waals surface area contributed by atoms with Gasteiger partial charge in [-0.05, 0) is 0 Å². The zero-order valence-electron chi connectivity index (χ0n) is 19.2. The second kappa shape index (κ2) is 9.63. The molecule has 33 heavy (non-hydrogen) atoms. The van der Waals surface area contributed by atoms with E-state index in [0.29, 0.717) is 5.92 Å². The van der Waals surface area contributed by atoms with Crippen LogP contribution in [0.15, 0.2) is 142 Å². The number of benzene rings is 4. The molecule has 2 heteroatoms. The van der Waals surface area contributed by atoms with Crippen molar-refractivity contribution < 1.29 is 16.1 Å². The van der Waals surface area contributed by atoms with Crippen molar-refractivity contribution in [3.05, 3.63) is 142 Å². The number of hydrogen-bond donors (Lipinski definition) is 0. The maximum absolute atomic E-state index is 3.09. The quantitative estimate of drug-likeness (QED) is 0.279. The molecular formula is C31H30PtSi. The molecule has 0 aromatic heterocycles. The SMILES string of the molecule is CC1=CC(C)[C]([Pt]([c]2ccccc2)([c]2ccccc2)[c]2ccccc2)=C1[SiH2]c1ccccc1. The topological polar surface area (TPSA) is 0 Å². The van der Waals surface area contributed by atoms with Crippen LogP contribution in [-0.4, -0.2) is 9.52 Å². The normalized spacial score (nSPS) is 16.9. The first-order valence-electron chi connectivity index (χ1n) is 11.5. The number of allylic oxidation sites excluding steroid dienone is 4. The van der Waals surface area contributed by atoms with Crippen LogP contribution in [-0.2, 0) is 16.1 Å². The molecule has 5 rings (SSSR count). The van der Waals surface area contributed by atoms with E-state index in [1.54, 1.807) is 9.16 Å². The van der Waals surface area contributed by atoms with Crippen LogP contribution in [0.3, 0.4) is 0 Å². The molecule has 4 aromatic carbocycles. The molecule has 0 N–H and O–H groups in total. The van der Waals surface area contributed by atoms with Crippen LogP contribution in [0.2, 0.25) is 0 Å². The van der Waals surface area contributed by atoms with E-state index in [1.807, 2.05) is 0 Å². The number of rotatable bonds is 6. The Bertz CT molecular complexity index is 1180. The van der Waals surface area contributed by atoms with Crippen LogP contribution >= 0.6 is 0 Å². The van der Waals surface area contributed by atoms with Crippen LogP contribution in [0.5, 0.6) is 0 Å². The first kappa shape index (κ1) is 22.1. The zero-order valence-corrected chi connectivity index (χ0v) is 22.9. The summed E-state index contributed by atoms with van der Waals surface area (Å²) in [5, 5.41) is 3.21. The number of hydrogen-bond acceptors (Lipinski definition) is 0. The second-order valence-corrected chi connectivity index (χ2v) is 18.8. The van der Waals surface area contributed by atoms with Gasteiger partial charge in [-0.3, -0.25) is 0 Å². The molecule has 0 radical (unpaired) electrons. The van der Waals surface area contributed by atoms with Gasteiger partial charge in [-0.1, -0.05) is 0 Å². The first-order chi connectivity index (χ1) is 16.2. The summed E-state index contributed by atoms with van der Waals surface area (Å²) in [6, 6.07) is 45.4. The molecule has 0 fully saturated rings. The minimum atomic E-state index is -3.09. The molecule has 1 aliphatic carbocycles. The van der Waals surface area contributed by atoms with Crippen molar-refractivity contribution in [3.8, 4) is 0 Å². The standard InChI is InChI=1S/C13H15Si.3C6H5.Pt/c1-10-8-11(2)13(9-10)14-12-6-4-3-5-7-12;3*1-2-4-6-5-3-1;/h3-8,10H,14H2,1-2H3;3*1-5H;. The van der Waals surface area contributed by atoms with Crippen LogP contribution in [0.4, 0.5) is 0 Å². The molecule has 0 nitrogen and oxygen atoms in total. The Morgan fingerprint density at radius 2 is 0.970 bits per heavy atom. The fourth-order valence-corrected chi connectivity index (χ4v) is 20.8. The summed E-state index contributed by atoms with van der Waals surface area (Å²) in [5.74, 6) is 0.452. The average Bonchev–Trinajstić information content (AvgIpc) is 3.15. The van der Waals surface area contributed by atoms with Gasteiger partial charge in [0.25, 0.3) is 0 Å². The van der Waals surface area contributed by atoms with E-state index in [0.717, 1.165) is 0 Å². The van der Waals surface area contributed by atoms with Crippen LogP contribution in [0, 0.1) is 5.92 Å². The zero-order chi connectivity index (χ0) is 22.7. The molecule has 0 aliphatic heterocycles. The van der Waals surface area contributed by atoms with Crippen LogP contribution < -0.4 is 17.0 Å². The fourth-order valence-electron chi connectivity index (χ4n) is 4.67. The van der Waals surface area contributed by atoms with Gasteiger partial charge in [0.05, 0.1) is 0 Å². The van der Waals surface area contributed by atoms with Crippen molar-refractivity contribution in [2.24, 2.45) is 5.92 Å². The monoisotopic (exact) mass is 625 g/mol. The summed E-state index contributed by atoms with van der Waals surface area (Å²) in [6.45, 7) is 4.78. The van der Waals surface area contributed by atoms with Crippen molar-refractivity contribution in [2.75, 3.05) is 0 Å². The third-order valence-corrected chi connectivity index (χ3v) is 20.7. The van der Waals surface area contributed by atoms with Crippen LogP contribution in [0.1, 0.15) is 13.8 Å². The summed E-state index contributed by atoms with van der Waals surface area (Å²) >= 11 is -3.09. The molecule has 1 atom stereocenters. The molecule has 0 saturated carbocycles. The Morgan fingerprint density at radius 1 is 0.576 bits per heavy atom. The van der Waals surface area contributed by atoms with Crippen molar-refractivity contribution in [2.45, 2.75) is 13.8 Å². The van der Waals surface area contributed by atoms with E-state index in [9.17, 15) is 0 Å². The molecule has 0 bridgehead atoms. The Kier molecular flexibility index (Phi) is 6.44. The van der Waals surface area contributed by atoms with Gasteiger partial charge in [-0.15, -0.1) is 0 Å². The Hall–Kier alpha value is -2.73. The van der Waals surface area contributed by atoms with Gasteiger partial charge < -0.3 is 0 Å². The van der Waals surface area contributed by atoms with Crippen molar-refractivity contribution in [1.29, 1.82) is 0 Å². The van der Waals surface area contributed by atoms with Gasteiger partial charge in [0.2, 0.25) is 0 Å². The van der Waals surface area contributed by atoms with Gasteiger partial charge in [0.1, 0.15) is 0 Å². The molecule has 1 aliphatic rings. The molecule has 0 amide bonds. The fraction of sp³-hybridized carbons (Fsp3) is 0.0968. The maximum atomic E-state index is 2.54. The van der Waals surface area contributed by atoms with Crippen molar-refractivity contribution >= 4 is 26.6 Å². The van der Waals surface area contributed by atoms with E-state index in [2.05, 4.69) is 141 Å². The molecular weight excluding hydrogens is 596 g/mol. The Balaban J connectivity index is 1.87. The molecule has 168 valence electrons. The minimum absolute atomic E-state index is 0.452. The van der Waals surface area contributed by atoms with E-state index in [-0.39, 0.29) is 0 Å². The average molecular weight is 626 g/mol. The van der Waals surface area contributed by atoms with Gasteiger partial charge in [0, 0.05) is 0 Å². The molecule has 0 spiro atoms. The third-order valence-electron chi connectivity index (χ3n) is 6.06. The van der Waals surface area contributed by atoms with E-state index >= 15 is 0 Å². The predicted molar refractivity (Wildman–Crippen MR) is 143 cm³/mol. The first-order valence-corrected chi connectivity index (χ1v) is 17.4. The molecule has 0 heterocycles. The van der Waals surface area contributed by atoms with Gasteiger partial charge in [-0.25, -0.2) is 0 Å². The second-order valence-electron chi connectivity index (χ2n) is 8.35. The van der Waals surface area contributed by atoms with Crippen molar-refractivity contribution in [1.82, 2.24) is 0 Å². The van der Waals surface area contributed by atoms with Gasteiger partial charge in [0.15, 0.2) is 0 Å². The van der Waals surface area contributed by atoms with Crippen LogP contribution in [0.25, 0.3) is 0 Å². The Labute approximate surface area is 203 Å².